The van der Waals surface area contributed by atoms with E-state index in [9.17, 15) is 18.0 Å². The van der Waals surface area contributed by atoms with Crippen LogP contribution in [-0.4, -0.2) is 33.9 Å². The second-order valence-electron chi connectivity index (χ2n) is 7.05. The van der Waals surface area contributed by atoms with Crippen molar-refractivity contribution in [1.29, 1.82) is 0 Å². The zero-order chi connectivity index (χ0) is 23.8. The summed E-state index contributed by atoms with van der Waals surface area (Å²) in [5.74, 6) is -0.00543. The van der Waals surface area contributed by atoms with Gasteiger partial charge in [-0.3, -0.25) is 14.3 Å². The van der Waals surface area contributed by atoms with Crippen LogP contribution in [0.5, 0.6) is 5.75 Å². The molecule has 0 aromatic heterocycles. The Morgan fingerprint density at radius 1 is 0.879 bits per heavy atom. The Morgan fingerprint density at radius 2 is 1.55 bits per heavy atom. The highest BCUT2D eigenvalue weighted by atomic mass is 32.2. The summed E-state index contributed by atoms with van der Waals surface area (Å²) in [6.45, 7) is 2.54. The van der Waals surface area contributed by atoms with E-state index in [2.05, 4.69) is 15.4 Å². The lowest BCUT2D eigenvalue weighted by Crippen LogP contribution is -2.23. The van der Waals surface area contributed by atoms with Crippen molar-refractivity contribution in [2.45, 2.75) is 18.4 Å². The summed E-state index contributed by atoms with van der Waals surface area (Å²) in [5.41, 5.74) is 1.81. The van der Waals surface area contributed by atoms with Gasteiger partial charge < -0.3 is 15.4 Å². The topological polar surface area (TPSA) is 114 Å². The third kappa shape index (κ3) is 6.33. The average Bonchev–Trinajstić information content (AvgIpc) is 2.82. The molecule has 0 radical (unpaired) electrons. The van der Waals surface area contributed by atoms with Crippen LogP contribution in [-0.2, 0) is 16.6 Å². The molecule has 0 aliphatic heterocycles. The monoisotopic (exact) mass is 467 g/mol. The van der Waals surface area contributed by atoms with Crippen molar-refractivity contribution in [2.24, 2.45) is 0 Å². The molecule has 172 valence electrons. The maximum Gasteiger partial charge on any atom is 0.261 e. The van der Waals surface area contributed by atoms with Crippen molar-refractivity contribution >= 4 is 27.5 Å². The van der Waals surface area contributed by atoms with Gasteiger partial charge in [0.25, 0.3) is 21.8 Å². The summed E-state index contributed by atoms with van der Waals surface area (Å²) in [4.78, 5) is 24.4. The summed E-state index contributed by atoms with van der Waals surface area (Å²) >= 11 is 0. The zero-order valence-electron chi connectivity index (χ0n) is 18.3. The smallest absolute Gasteiger partial charge is 0.261 e. The summed E-state index contributed by atoms with van der Waals surface area (Å²) in [7, 11) is -2.28. The van der Waals surface area contributed by atoms with Crippen molar-refractivity contribution < 1.29 is 22.7 Å². The lowest BCUT2D eigenvalue weighted by Gasteiger charge is -2.11. The SMILES string of the molecule is CCOc1ccc(S(=O)(=O)Nc2cccc(C(=O)NCc3cccc(C(=O)NC)c3)c2)cc1. The predicted octanol–water partition coefficient (Wildman–Crippen LogP) is 3.18. The van der Waals surface area contributed by atoms with E-state index in [0.29, 0.717) is 23.5 Å². The molecular weight excluding hydrogens is 442 g/mol. The van der Waals surface area contributed by atoms with E-state index in [0.717, 1.165) is 5.56 Å². The zero-order valence-corrected chi connectivity index (χ0v) is 19.1. The number of rotatable bonds is 9. The van der Waals surface area contributed by atoms with Gasteiger partial charge in [-0.05, 0) is 67.1 Å². The number of sulfonamides is 1. The number of ether oxygens (including phenoxy) is 1. The fraction of sp³-hybridized carbons (Fsp3) is 0.167. The van der Waals surface area contributed by atoms with Crippen LogP contribution in [0.1, 0.15) is 33.2 Å². The lowest BCUT2D eigenvalue weighted by atomic mass is 10.1. The Bertz CT molecular complexity index is 1240. The molecule has 0 atom stereocenters. The Balaban J connectivity index is 1.67. The molecule has 0 saturated carbocycles. The fourth-order valence-electron chi connectivity index (χ4n) is 3.07. The summed E-state index contributed by atoms with van der Waals surface area (Å²) in [5, 5.41) is 5.33. The first-order valence-corrected chi connectivity index (χ1v) is 11.8. The number of benzene rings is 3. The Hall–Kier alpha value is -3.85. The highest BCUT2D eigenvalue weighted by Gasteiger charge is 2.15. The molecule has 0 bridgehead atoms. The number of anilines is 1. The van der Waals surface area contributed by atoms with Crippen molar-refractivity contribution in [2.75, 3.05) is 18.4 Å². The molecule has 2 amide bonds. The highest BCUT2D eigenvalue weighted by molar-refractivity contribution is 7.92. The van der Waals surface area contributed by atoms with Crippen LogP contribution < -0.4 is 20.1 Å². The van der Waals surface area contributed by atoms with Gasteiger partial charge in [-0.2, -0.15) is 0 Å². The minimum Gasteiger partial charge on any atom is -0.494 e. The standard InChI is InChI=1S/C24H25N3O5S/c1-3-32-21-10-12-22(13-11-21)33(30,31)27-20-9-5-8-19(15-20)24(29)26-16-17-6-4-7-18(14-17)23(28)25-2/h4-15,27H,3,16H2,1-2H3,(H,25,28)(H,26,29). The second-order valence-corrected chi connectivity index (χ2v) is 8.74. The van der Waals surface area contributed by atoms with Crippen LogP contribution >= 0.6 is 0 Å². The van der Waals surface area contributed by atoms with Crippen molar-refractivity contribution in [1.82, 2.24) is 10.6 Å². The Kier molecular flexibility index (Phi) is 7.68. The first kappa shape index (κ1) is 23.8. The van der Waals surface area contributed by atoms with E-state index < -0.39 is 10.0 Å². The second kappa shape index (κ2) is 10.6. The molecule has 0 heterocycles. The number of carbonyl (C=O) groups is 2. The fourth-order valence-corrected chi connectivity index (χ4v) is 4.12. The number of amides is 2. The van der Waals surface area contributed by atoms with E-state index in [4.69, 9.17) is 4.74 Å². The van der Waals surface area contributed by atoms with Crippen LogP contribution in [0.15, 0.2) is 77.7 Å². The van der Waals surface area contributed by atoms with Gasteiger partial charge in [-0.25, -0.2) is 8.42 Å². The van der Waals surface area contributed by atoms with E-state index in [1.54, 1.807) is 61.6 Å². The predicted molar refractivity (Wildman–Crippen MR) is 126 cm³/mol. The van der Waals surface area contributed by atoms with Gasteiger partial charge in [0.2, 0.25) is 0 Å². The maximum absolute atomic E-state index is 12.7. The van der Waals surface area contributed by atoms with Crippen molar-refractivity contribution in [3.63, 3.8) is 0 Å². The number of hydrogen-bond acceptors (Lipinski definition) is 5. The molecule has 8 nitrogen and oxygen atoms in total. The van der Waals surface area contributed by atoms with Crippen LogP contribution in [0.4, 0.5) is 5.69 Å². The van der Waals surface area contributed by atoms with Crippen LogP contribution in [0.2, 0.25) is 0 Å². The van der Waals surface area contributed by atoms with E-state index in [1.165, 1.54) is 18.2 Å². The average molecular weight is 468 g/mol. The lowest BCUT2D eigenvalue weighted by molar-refractivity contribution is 0.0948. The molecule has 3 aromatic carbocycles. The van der Waals surface area contributed by atoms with Crippen molar-refractivity contribution in [3.05, 3.63) is 89.5 Å². The van der Waals surface area contributed by atoms with Gasteiger partial charge >= 0.3 is 0 Å². The quantitative estimate of drug-likeness (QED) is 0.447. The molecule has 3 aromatic rings. The molecule has 33 heavy (non-hydrogen) atoms. The number of hydrogen-bond donors (Lipinski definition) is 3. The molecule has 3 N–H and O–H groups in total. The van der Waals surface area contributed by atoms with Crippen LogP contribution in [0, 0.1) is 0 Å². The van der Waals surface area contributed by atoms with Crippen molar-refractivity contribution in [3.8, 4) is 5.75 Å². The first-order chi connectivity index (χ1) is 15.8. The molecule has 9 heteroatoms. The molecule has 3 rings (SSSR count). The van der Waals surface area contributed by atoms with Gasteiger partial charge in [-0.1, -0.05) is 18.2 Å². The summed E-state index contributed by atoms with van der Waals surface area (Å²) < 4.78 is 33.2. The Labute approximate surface area is 193 Å². The minimum atomic E-state index is -3.83. The number of nitrogens with one attached hydrogen (secondary N) is 3. The largest absolute Gasteiger partial charge is 0.494 e. The van der Waals surface area contributed by atoms with Gasteiger partial charge in [0.1, 0.15) is 5.75 Å². The van der Waals surface area contributed by atoms with E-state index >= 15 is 0 Å². The van der Waals surface area contributed by atoms with Gasteiger partial charge in [0.05, 0.1) is 11.5 Å². The van der Waals surface area contributed by atoms with E-state index in [-0.39, 0.29) is 28.9 Å². The first-order valence-electron chi connectivity index (χ1n) is 10.3. The third-order valence-electron chi connectivity index (χ3n) is 4.69. The van der Waals surface area contributed by atoms with Gasteiger partial charge in [0.15, 0.2) is 0 Å². The van der Waals surface area contributed by atoms with E-state index in [1.807, 2.05) is 6.92 Å². The third-order valence-corrected chi connectivity index (χ3v) is 6.09. The van der Waals surface area contributed by atoms with Crippen LogP contribution in [0.25, 0.3) is 0 Å². The molecule has 0 unspecified atom stereocenters. The minimum absolute atomic E-state index is 0.0804. The molecule has 0 spiro atoms. The highest BCUT2D eigenvalue weighted by Crippen LogP contribution is 2.20. The normalized spacial score (nSPS) is 10.8. The summed E-state index contributed by atoms with van der Waals surface area (Å²) in [6, 6.07) is 19.2. The van der Waals surface area contributed by atoms with Gasteiger partial charge in [0, 0.05) is 30.4 Å². The molecule has 0 aliphatic carbocycles. The Morgan fingerprint density at radius 3 is 2.21 bits per heavy atom. The van der Waals surface area contributed by atoms with Crippen LogP contribution in [0.3, 0.4) is 0 Å². The molecular formula is C24H25N3O5S. The number of carbonyl (C=O) groups excluding carboxylic acids is 2. The van der Waals surface area contributed by atoms with Gasteiger partial charge in [-0.15, -0.1) is 0 Å². The summed E-state index contributed by atoms with van der Waals surface area (Å²) in [6.07, 6.45) is 0. The maximum atomic E-state index is 12.7. The molecule has 0 saturated heterocycles. The molecule has 0 aliphatic rings. The molecule has 0 fully saturated rings.